The molecule has 0 saturated carbocycles. The second-order valence-corrected chi connectivity index (χ2v) is 2.30. The van der Waals surface area contributed by atoms with Crippen LogP contribution in [0.3, 0.4) is 0 Å². The first kappa shape index (κ1) is 9.15. The molecule has 0 atom stereocenters. The molecule has 0 aromatic rings. The topological polar surface area (TPSA) is 0 Å². The van der Waals surface area contributed by atoms with Gasteiger partial charge in [0.1, 0.15) is 5.83 Å². The highest BCUT2D eigenvalue weighted by molar-refractivity contribution is 5.19. The molecule has 0 aliphatic heterocycles. The lowest BCUT2D eigenvalue weighted by Gasteiger charge is -1.83. The summed E-state index contributed by atoms with van der Waals surface area (Å²) >= 11 is 0. The number of allylic oxidation sites excluding steroid dienone is 6. The largest absolute Gasteiger partial charge is 0.207 e. The molecule has 0 aliphatic carbocycles. The molecule has 0 aromatic carbocycles. The average Bonchev–Trinajstić information content (AvgIpc) is 1.85. The molecule has 1 heteroatoms. The number of hydrogen-bond donors (Lipinski definition) is 0. The van der Waals surface area contributed by atoms with Crippen LogP contribution in [-0.2, 0) is 0 Å². The lowest BCUT2D eigenvalue weighted by atomic mass is 10.3. The van der Waals surface area contributed by atoms with Crippen molar-refractivity contribution in [3.8, 4) is 0 Å². The molecule has 0 aliphatic rings. The Morgan fingerprint density at radius 1 is 1.20 bits per heavy atom. The van der Waals surface area contributed by atoms with Crippen molar-refractivity contribution in [3.63, 3.8) is 0 Å². The third kappa shape index (κ3) is 5.29. The van der Waals surface area contributed by atoms with Gasteiger partial charge in [-0.1, -0.05) is 17.7 Å². The van der Waals surface area contributed by atoms with E-state index in [0.717, 1.165) is 5.57 Å². The van der Waals surface area contributed by atoms with Crippen molar-refractivity contribution in [3.05, 3.63) is 35.7 Å². The Morgan fingerprint density at radius 3 is 2.20 bits per heavy atom. The predicted molar refractivity (Wildman–Crippen MR) is 43.4 cm³/mol. The lowest BCUT2D eigenvalue weighted by Crippen LogP contribution is -1.64. The van der Waals surface area contributed by atoms with E-state index in [2.05, 4.69) is 0 Å². The Bertz CT molecular complexity index is 169. The molecule has 0 rings (SSSR count). The minimum atomic E-state index is -0.205. The van der Waals surface area contributed by atoms with E-state index in [1.54, 1.807) is 19.1 Å². The van der Waals surface area contributed by atoms with Gasteiger partial charge in [-0.3, -0.25) is 0 Å². The van der Waals surface area contributed by atoms with Crippen molar-refractivity contribution >= 4 is 0 Å². The fourth-order valence-electron chi connectivity index (χ4n) is 0.461. The molecule has 0 amide bonds. The molecule has 0 N–H and O–H groups in total. The Labute approximate surface area is 61.8 Å². The molecule has 0 saturated heterocycles. The van der Waals surface area contributed by atoms with Crippen LogP contribution in [0.4, 0.5) is 4.39 Å². The molecule has 10 heavy (non-hydrogen) atoms. The number of hydrogen-bond acceptors (Lipinski definition) is 0. The van der Waals surface area contributed by atoms with E-state index in [1.807, 2.05) is 13.8 Å². The van der Waals surface area contributed by atoms with E-state index in [0.29, 0.717) is 0 Å². The minimum absolute atomic E-state index is 0.205. The second kappa shape index (κ2) is 4.98. The Kier molecular flexibility index (Phi) is 4.55. The molecular formula is C9H13F. The summed E-state index contributed by atoms with van der Waals surface area (Å²) in [5, 5.41) is 0. The van der Waals surface area contributed by atoms with E-state index in [-0.39, 0.29) is 5.83 Å². The van der Waals surface area contributed by atoms with E-state index < -0.39 is 0 Å². The standard InChI is InChI=1S/C9H13F/c1-4-5-9(10)7-6-8(2)3/h4-7H,1-3H3/b5-4-,9-7+. The van der Waals surface area contributed by atoms with Crippen molar-refractivity contribution in [1.29, 1.82) is 0 Å². The lowest BCUT2D eigenvalue weighted by molar-refractivity contribution is 0.667. The summed E-state index contributed by atoms with van der Waals surface area (Å²) in [6, 6.07) is 0. The number of halogens is 1. The maximum atomic E-state index is 12.5. The van der Waals surface area contributed by atoms with Crippen molar-refractivity contribution in [2.45, 2.75) is 20.8 Å². The van der Waals surface area contributed by atoms with Crippen molar-refractivity contribution in [2.75, 3.05) is 0 Å². The van der Waals surface area contributed by atoms with Crippen molar-refractivity contribution in [2.24, 2.45) is 0 Å². The zero-order valence-electron chi connectivity index (χ0n) is 6.69. The molecule has 0 aromatic heterocycles. The highest BCUT2D eigenvalue weighted by Gasteiger charge is 1.81. The zero-order valence-corrected chi connectivity index (χ0v) is 6.69. The van der Waals surface area contributed by atoms with Crippen LogP contribution in [0.15, 0.2) is 35.7 Å². The van der Waals surface area contributed by atoms with E-state index >= 15 is 0 Å². The predicted octanol–water partition coefficient (Wildman–Crippen LogP) is 3.38. The van der Waals surface area contributed by atoms with Crippen LogP contribution < -0.4 is 0 Å². The van der Waals surface area contributed by atoms with Crippen LogP contribution in [0, 0.1) is 0 Å². The highest BCUT2D eigenvalue weighted by Crippen LogP contribution is 2.00. The number of rotatable bonds is 2. The minimum Gasteiger partial charge on any atom is -0.207 e. The first-order valence-electron chi connectivity index (χ1n) is 3.30. The quantitative estimate of drug-likeness (QED) is 0.516. The van der Waals surface area contributed by atoms with Crippen LogP contribution in [0.1, 0.15) is 20.8 Å². The Balaban J connectivity index is 4.05. The molecule has 0 radical (unpaired) electrons. The van der Waals surface area contributed by atoms with Gasteiger partial charge in [0.25, 0.3) is 0 Å². The van der Waals surface area contributed by atoms with Gasteiger partial charge in [-0.25, -0.2) is 4.39 Å². The van der Waals surface area contributed by atoms with Gasteiger partial charge in [-0.05, 0) is 32.9 Å². The molecular weight excluding hydrogens is 127 g/mol. The molecule has 0 unspecified atom stereocenters. The molecule has 0 nitrogen and oxygen atoms in total. The maximum Gasteiger partial charge on any atom is 0.122 e. The van der Waals surface area contributed by atoms with Crippen molar-refractivity contribution in [1.82, 2.24) is 0 Å². The molecule has 0 bridgehead atoms. The fourth-order valence-corrected chi connectivity index (χ4v) is 0.461. The third-order valence-corrected chi connectivity index (χ3v) is 0.902. The second-order valence-electron chi connectivity index (χ2n) is 2.30. The Morgan fingerprint density at radius 2 is 1.80 bits per heavy atom. The average molecular weight is 140 g/mol. The fraction of sp³-hybridized carbons (Fsp3) is 0.333. The molecule has 0 fully saturated rings. The van der Waals surface area contributed by atoms with Crippen LogP contribution in [0.25, 0.3) is 0 Å². The van der Waals surface area contributed by atoms with E-state index in [9.17, 15) is 4.39 Å². The maximum absolute atomic E-state index is 12.5. The summed E-state index contributed by atoms with van der Waals surface area (Å²) in [4.78, 5) is 0. The summed E-state index contributed by atoms with van der Waals surface area (Å²) in [7, 11) is 0. The summed E-state index contributed by atoms with van der Waals surface area (Å²) < 4.78 is 12.5. The smallest absolute Gasteiger partial charge is 0.122 e. The molecule has 56 valence electrons. The van der Waals surface area contributed by atoms with Crippen LogP contribution in [0.5, 0.6) is 0 Å². The van der Waals surface area contributed by atoms with Crippen molar-refractivity contribution < 1.29 is 4.39 Å². The summed E-state index contributed by atoms with van der Waals surface area (Å²) in [6.07, 6.45) is 6.30. The van der Waals surface area contributed by atoms with Crippen LogP contribution >= 0.6 is 0 Å². The highest BCUT2D eigenvalue weighted by atomic mass is 19.1. The van der Waals surface area contributed by atoms with Gasteiger partial charge >= 0.3 is 0 Å². The van der Waals surface area contributed by atoms with E-state index in [4.69, 9.17) is 0 Å². The van der Waals surface area contributed by atoms with Crippen LogP contribution in [-0.4, -0.2) is 0 Å². The molecule has 0 spiro atoms. The van der Waals surface area contributed by atoms with Gasteiger partial charge in [0, 0.05) is 0 Å². The summed E-state index contributed by atoms with van der Waals surface area (Å²) in [6.45, 7) is 5.65. The van der Waals surface area contributed by atoms with E-state index in [1.165, 1.54) is 12.2 Å². The van der Waals surface area contributed by atoms with Gasteiger partial charge in [0.15, 0.2) is 0 Å². The monoisotopic (exact) mass is 140 g/mol. The van der Waals surface area contributed by atoms with Gasteiger partial charge in [-0.15, -0.1) is 0 Å². The Hall–Kier alpha value is -0.850. The first-order valence-corrected chi connectivity index (χ1v) is 3.30. The zero-order chi connectivity index (χ0) is 7.98. The third-order valence-electron chi connectivity index (χ3n) is 0.902. The van der Waals surface area contributed by atoms with Crippen LogP contribution in [0.2, 0.25) is 0 Å². The summed E-state index contributed by atoms with van der Waals surface area (Å²) in [5.74, 6) is -0.205. The normalized spacial score (nSPS) is 12.2. The summed E-state index contributed by atoms with van der Waals surface area (Å²) in [5.41, 5.74) is 1.10. The van der Waals surface area contributed by atoms with Gasteiger partial charge in [-0.2, -0.15) is 0 Å². The van der Waals surface area contributed by atoms with Gasteiger partial charge < -0.3 is 0 Å². The molecule has 0 heterocycles. The van der Waals surface area contributed by atoms with Gasteiger partial charge in [0.05, 0.1) is 0 Å². The first-order chi connectivity index (χ1) is 4.66. The van der Waals surface area contributed by atoms with Gasteiger partial charge in [0.2, 0.25) is 0 Å². The SMILES string of the molecule is C/C=C\C(F)=C/C=C(C)C.